The molecule has 6 rings (SSSR count). The monoisotopic (exact) mass is 535 g/mol. The number of aromatic amines is 1. The number of H-pyrrole nitrogens is 1. The molecule has 4 N–H and O–H groups in total. The molecule has 2 heterocycles. The van der Waals surface area contributed by atoms with E-state index in [1.807, 2.05) is 37.3 Å². The highest BCUT2D eigenvalue weighted by Gasteiger charge is 2.38. The summed E-state index contributed by atoms with van der Waals surface area (Å²) in [5, 5.41) is 10.7. The van der Waals surface area contributed by atoms with Crippen molar-refractivity contribution in [3.05, 3.63) is 87.6 Å². The summed E-state index contributed by atoms with van der Waals surface area (Å²) >= 11 is 0. The molecule has 0 saturated heterocycles. The van der Waals surface area contributed by atoms with Gasteiger partial charge in [-0.1, -0.05) is 45.0 Å². The standard InChI is InChI=1S/C33H33N3O4/c1-17-20(21-12-13-24(30(34)38)29-28(21)23-10-8-18(16-37)14-26(23)35-29)6-5-7-27(17)36-31(39)22-11-9-19(33(2,3)4)15-25(22)32(36)40/h5-7,9,11-13,15,18,35,37H,8,10,14,16H2,1-4H3,(H2,34,38). The van der Waals surface area contributed by atoms with Crippen molar-refractivity contribution in [2.24, 2.45) is 11.7 Å². The average molecular weight is 536 g/mol. The Bertz CT molecular complexity index is 1740. The first-order valence-electron chi connectivity index (χ1n) is 13.7. The third kappa shape index (κ3) is 3.87. The molecule has 1 atom stereocenters. The Labute approximate surface area is 233 Å². The second-order valence-electron chi connectivity index (χ2n) is 12.1. The van der Waals surface area contributed by atoms with Crippen molar-refractivity contribution < 1.29 is 19.5 Å². The van der Waals surface area contributed by atoms with Gasteiger partial charge < -0.3 is 15.8 Å². The van der Waals surface area contributed by atoms with Crippen LogP contribution in [0.3, 0.4) is 0 Å². The molecule has 7 nitrogen and oxygen atoms in total. The van der Waals surface area contributed by atoms with Gasteiger partial charge in [-0.25, -0.2) is 4.90 Å². The summed E-state index contributed by atoms with van der Waals surface area (Å²) in [6.45, 7) is 8.27. The highest BCUT2D eigenvalue weighted by atomic mass is 16.3. The number of carbonyl (C=O) groups is 3. The fraction of sp³-hybridized carbons (Fsp3) is 0.303. The Morgan fingerprint density at radius 1 is 1.02 bits per heavy atom. The quantitative estimate of drug-likeness (QED) is 0.302. The zero-order valence-corrected chi connectivity index (χ0v) is 23.2. The lowest BCUT2D eigenvalue weighted by Gasteiger charge is -2.22. The Balaban J connectivity index is 1.50. The molecule has 0 saturated carbocycles. The van der Waals surface area contributed by atoms with Gasteiger partial charge in [0.05, 0.1) is 27.9 Å². The first-order valence-corrected chi connectivity index (χ1v) is 13.7. The van der Waals surface area contributed by atoms with E-state index in [4.69, 9.17) is 5.73 Å². The van der Waals surface area contributed by atoms with Crippen LogP contribution in [0.2, 0.25) is 0 Å². The third-order valence-corrected chi connectivity index (χ3v) is 8.56. The molecule has 2 aliphatic rings. The number of imide groups is 1. The van der Waals surface area contributed by atoms with Gasteiger partial charge in [-0.3, -0.25) is 14.4 Å². The topological polar surface area (TPSA) is 116 Å². The highest BCUT2D eigenvalue weighted by molar-refractivity contribution is 6.35. The molecular weight excluding hydrogens is 502 g/mol. The van der Waals surface area contributed by atoms with E-state index in [9.17, 15) is 19.5 Å². The molecule has 1 unspecified atom stereocenters. The summed E-state index contributed by atoms with van der Waals surface area (Å²) in [4.78, 5) is 44.3. The Hall–Kier alpha value is -4.23. The average Bonchev–Trinajstić information content (AvgIpc) is 3.42. The minimum absolute atomic E-state index is 0.114. The van der Waals surface area contributed by atoms with E-state index < -0.39 is 5.91 Å². The molecule has 0 bridgehead atoms. The predicted molar refractivity (Wildman–Crippen MR) is 156 cm³/mol. The molecule has 4 aromatic rings. The molecule has 204 valence electrons. The van der Waals surface area contributed by atoms with E-state index in [0.29, 0.717) is 34.3 Å². The van der Waals surface area contributed by atoms with Crippen molar-refractivity contribution in [2.45, 2.75) is 52.4 Å². The van der Waals surface area contributed by atoms with Crippen LogP contribution in [0.4, 0.5) is 5.69 Å². The van der Waals surface area contributed by atoms with E-state index in [1.54, 1.807) is 18.2 Å². The normalized spacial score (nSPS) is 16.9. The maximum absolute atomic E-state index is 13.7. The second-order valence-corrected chi connectivity index (χ2v) is 12.1. The smallest absolute Gasteiger partial charge is 0.266 e. The minimum Gasteiger partial charge on any atom is -0.396 e. The number of anilines is 1. The van der Waals surface area contributed by atoms with Gasteiger partial charge in [0, 0.05) is 17.7 Å². The van der Waals surface area contributed by atoms with Gasteiger partial charge in [0.25, 0.3) is 17.7 Å². The van der Waals surface area contributed by atoms with Crippen LogP contribution in [0.1, 0.15) is 80.7 Å². The number of aryl methyl sites for hydroxylation is 1. The molecule has 0 fully saturated rings. The summed E-state index contributed by atoms with van der Waals surface area (Å²) in [6.07, 6.45) is 2.31. The summed E-state index contributed by atoms with van der Waals surface area (Å²) < 4.78 is 0. The van der Waals surface area contributed by atoms with Crippen molar-refractivity contribution in [3.63, 3.8) is 0 Å². The molecule has 3 aromatic carbocycles. The van der Waals surface area contributed by atoms with E-state index in [-0.39, 0.29) is 29.8 Å². The van der Waals surface area contributed by atoms with Crippen LogP contribution in [0.15, 0.2) is 48.5 Å². The third-order valence-electron chi connectivity index (χ3n) is 8.56. The molecule has 3 amide bonds. The lowest BCUT2D eigenvalue weighted by Crippen LogP contribution is -2.30. The lowest BCUT2D eigenvalue weighted by atomic mass is 9.85. The van der Waals surface area contributed by atoms with E-state index >= 15 is 0 Å². The molecule has 0 radical (unpaired) electrons. The maximum Gasteiger partial charge on any atom is 0.266 e. The van der Waals surface area contributed by atoms with Crippen molar-refractivity contribution in [2.75, 3.05) is 11.5 Å². The van der Waals surface area contributed by atoms with Crippen LogP contribution >= 0.6 is 0 Å². The zero-order valence-electron chi connectivity index (χ0n) is 23.2. The predicted octanol–water partition coefficient (Wildman–Crippen LogP) is 5.44. The Kier molecular flexibility index (Phi) is 5.96. The first-order chi connectivity index (χ1) is 19.0. The first kappa shape index (κ1) is 26.0. The molecule has 40 heavy (non-hydrogen) atoms. The highest BCUT2D eigenvalue weighted by Crippen LogP contribution is 2.42. The largest absolute Gasteiger partial charge is 0.396 e. The number of rotatable bonds is 4. The van der Waals surface area contributed by atoms with Gasteiger partial charge in [0.2, 0.25) is 0 Å². The van der Waals surface area contributed by atoms with Crippen molar-refractivity contribution in [3.8, 4) is 11.1 Å². The van der Waals surface area contributed by atoms with Crippen LogP contribution in [-0.2, 0) is 18.3 Å². The summed E-state index contributed by atoms with van der Waals surface area (Å²) in [7, 11) is 0. The van der Waals surface area contributed by atoms with E-state index in [2.05, 4.69) is 25.8 Å². The van der Waals surface area contributed by atoms with Crippen LogP contribution in [-0.4, -0.2) is 34.4 Å². The number of carbonyl (C=O) groups excluding carboxylic acids is 3. The summed E-state index contributed by atoms with van der Waals surface area (Å²) in [5.41, 5.74) is 13.8. The molecule has 1 aliphatic heterocycles. The zero-order chi connectivity index (χ0) is 28.5. The number of nitrogens with zero attached hydrogens (tertiary/aromatic N) is 1. The lowest BCUT2D eigenvalue weighted by molar-refractivity contribution is 0.0924. The molecule has 1 aromatic heterocycles. The second kappa shape index (κ2) is 9.17. The number of aliphatic hydroxyl groups is 1. The summed E-state index contributed by atoms with van der Waals surface area (Å²) in [5.74, 6) is -1.00. The number of aliphatic hydroxyl groups excluding tert-OH is 1. The maximum atomic E-state index is 13.7. The number of aromatic nitrogens is 1. The van der Waals surface area contributed by atoms with Gasteiger partial charge in [0.1, 0.15) is 0 Å². The summed E-state index contributed by atoms with van der Waals surface area (Å²) in [6, 6.07) is 14.8. The van der Waals surface area contributed by atoms with Crippen molar-refractivity contribution in [1.29, 1.82) is 0 Å². The van der Waals surface area contributed by atoms with Gasteiger partial charge in [-0.15, -0.1) is 0 Å². The number of nitrogens with one attached hydrogen (secondary N) is 1. The van der Waals surface area contributed by atoms with Crippen molar-refractivity contribution >= 4 is 34.3 Å². The molecule has 1 aliphatic carbocycles. The number of hydrogen-bond acceptors (Lipinski definition) is 4. The van der Waals surface area contributed by atoms with Crippen LogP contribution < -0.4 is 10.6 Å². The van der Waals surface area contributed by atoms with Crippen LogP contribution in [0.5, 0.6) is 0 Å². The van der Waals surface area contributed by atoms with Gasteiger partial charge >= 0.3 is 0 Å². The minimum atomic E-state index is -0.514. The van der Waals surface area contributed by atoms with Gasteiger partial charge in [-0.05, 0) is 89.6 Å². The number of benzene rings is 3. The van der Waals surface area contributed by atoms with E-state index in [1.165, 1.54) is 4.90 Å². The number of hydrogen-bond donors (Lipinski definition) is 3. The number of fused-ring (bicyclic) bond motifs is 4. The Morgan fingerprint density at radius 2 is 1.75 bits per heavy atom. The number of amides is 3. The molecule has 7 heteroatoms. The number of nitrogens with two attached hydrogens (primary N) is 1. The molecular formula is C33H33N3O4. The van der Waals surface area contributed by atoms with Crippen LogP contribution in [0.25, 0.3) is 22.0 Å². The number of primary amides is 1. The van der Waals surface area contributed by atoms with Crippen molar-refractivity contribution in [1.82, 2.24) is 4.98 Å². The SMILES string of the molecule is Cc1c(-c2ccc(C(N)=O)c3[nH]c4c(c23)CCC(CO)C4)cccc1N1C(=O)c2ccc(C(C)(C)C)cc2C1=O. The van der Waals surface area contributed by atoms with E-state index in [0.717, 1.165) is 51.7 Å². The van der Waals surface area contributed by atoms with Gasteiger partial charge in [-0.2, -0.15) is 0 Å². The van der Waals surface area contributed by atoms with Crippen LogP contribution in [0, 0.1) is 12.8 Å². The van der Waals surface area contributed by atoms with Gasteiger partial charge in [0.15, 0.2) is 0 Å². The fourth-order valence-corrected chi connectivity index (χ4v) is 6.28. The molecule has 0 spiro atoms. The Morgan fingerprint density at radius 3 is 2.45 bits per heavy atom. The fourth-order valence-electron chi connectivity index (χ4n) is 6.28.